The molecule has 2 aromatic rings. The van der Waals surface area contributed by atoms with E-state index < -0.39 is 6.10 Å². The van der Waals surface area contributed by atoms with Crippen LogP contribution in [0.2, 0.25) is 0 Å². The average molecular weight is 306 g/mol. The number of thiophene rings is 1. The molecule has 2 heterocycles. The summed E-state index contributed by atoms with van der Waals surface area (Å²) in [6.07, 6.45) is 3.84. The topological polar surface area (TPSA) is 74.5 Å². The van der Waals surface area contributed by atoms with Gasteiger partial charge >= 0.3 is 6.03 Å². The summed E-state index contributed by atoms with van der Waals surface area (Å²) in [5.74, 6) is 0.963. The Morgan fingerprint density at radius 3 is 3.24 bits per heavy atom. The number of nitrogens with one attached hydrogen (secondary N) is 2. The van der Waals surface area contributed by atoms with E-state index >= 15 is 0 Å². The Morgan fingerprint density at radius 1 is 1.52 bits per heavy atom. The van der Waals surface area contributed by atoms with Crippen molar-refractivity contribution in [2.24, 2.45) is 0 Å². The molecule has 0 spiro atoms. The van der Waals surface area contributed by atoms with Crippen LogP contribution in [0.15, 0.2) is 33.6 Å². The number of fused-ring (bicyclic) bond motifs is 1. The fourth-order valence-electron chi connectivity index (χ4n) is 2.62. The Labute approximate surface area is 127 Å². The monoisotopic (exact) mass is 306 g/mol. The molecule has 21 heavy (non-hydrogen) atoms. The number of carbonyl (C=O) groups excluding carboxylic acids is 1. The summed E-state index contributed by atoms with van der Waals surface area (Å²) in [5.41, 5.74) is 1.89. The third-order valence-electron chi connectivity index (χ3n) is 3.74. The number of amides is 2. The van der Waals surface area contributed by atoms with Gasteiger partial charge in [-0.05, 0) is 41.3 Å². The second-order valence-electron chi connectivity index (χ2n) is 5.17. The first kappa shape index (κ1) is 14.2. The highest BCUT2D eigenvalue weighted by Crippen LogP contribution is 2.30. The van der Waals surface area contributed by atoms with E-state index in [2.05, 4.69) is 10.6 Å². The molecule has 0 aromatic carbocycles. The first-order chi connectivity index (χ1) is 10.2. The number of aliphatic hydroxyl groups is 1. The lowest BCUT2D eigenvalue weighted by atomic mass is 9.93. The second-order valence-corrected chi connectivity index (χ2v) is 5.95. The van der Waals surface area contributed by atoms with Crippen LogP contribution in [0, 0.1) is 0 Å². The zero-order valence-corrected chi connectivity index (χ0v) is 12.4. The number of hydrogen-bond donors (Lipinski definition) is 3. The highest BCUT2D eigenvalue weighted by atomic mass is 32.1. The zero-order valence-electron chi connectivity index (χ0n) is 11.5. The maximum absolute atomic E-state index is 12.0. The molecule has 0 saturated heterocycles. The Balaban J connectivity index is 1.51. The molecular weight excluding hydrogens is 288 g/mol. The highest BCUT2D eigenvalue weighted by Gasteiger charge is 2.24. The van der Waals surface area contributed by atoms with Crippen LogP contribution < -0.4 is 10.6 Å². The van der Waals surface area contributed by atoms with Crippen molar-refractivity contribution in [1.29, 1.82) is 0 Å². The summed E-state index contributed by atoms with van der Waals surface area (Å²) < 4.78 is 5.40. The number of urea groups is 1. The van der Waals surface area contributed by atoms with Crippen LogP contribution >= 0.6 is 11.3 Å². The molecule has 3 N–H and O–H groups in total. The molecule has 112 valence electrons. The van der Waals surface area contributed by atoms with Gasteiger partial charge in [0.15, 0.2) is 0 Å². The molecule has 0 radical (unpaired) electrons. The van der Waals surface area contributed by atoms with E-state index in [9.17, 15) is 9.90 Å². The van der Waals surface area contributed by atoms with E-state index in [4.69, 9.17) is 4.42 Å². The molecule has 6 heteroatoms. The van der Waals surface area contributed by atoms with E-state index in [1.54, 1.807) is 6.26 Å². The fraction of sp³-hybridized carbons (Fsp3) is 0.400. The van der Waals surface area contributed by atoms with E-state index in [-0.39, 0.29) is 18.6 Å². The number of rotatable bonds is 4. The number of hydrogen-bond acceptors (Lipinski definition) is 4. The molecule has 1 aliphatic carbocycles. The normalized spacial score (nSPS) is 18.8. The molecule has 2 unspecified atom stereocenters. The van der Waals surface area contributed by atoms with E-state index in [1.165, 1.54) is 11.3 Å². The molecule has 0 aliphatic heterocycles. The van der Waals surface area contributed by atoms with E-state index in [0.29, 0.717) is 0 Å². The summed E-state index contributed by atoms with van der Waals surface area (Å²) in [6.45, 7) is 0.202. The lowest BCUT2D eigenvalue weighted by Gasteiger charge is -2.23. The van der Waals surface area contributed by atoms with Crippen LogP contribution in [0.4, 0.5) is 4.79 Å². The third-order valence-corrected chi connectivity index (χ3v) is 4.44. The molecule has 1 aliphatic rings. The minimum absolute atomic E-state index is 0.00853. The minimum atomic E-state index is -0.669. The van der Waals surface area contributed by atoms with Crippen molar-refractivity contribution >= 4 is 17.4 Å². The minimum Gasteiger partial charge on any atom is -0.469 e. The summed E-state index contributed by atoms with van der Waals surface area (Å²) in [4.78, 5) is 12.0. The van der Waals surface area contributed by atoms with Crippen LogP contribution in [0.5, 0.6) is 0 Å². The zero-order chi connectivity index (χ0) is 14.7. The Bertz CT molecular complexity index is 594. The van der Waals surface area contributed by atoms with Crippen molar-refractivity contribution in [3.8, 4) is 0 Å². The molecule has 3 rings (SSSR count). The van der Waals surface area contributed by atoms with Crippen molar-refractivity contribution in [3.05, 3.63) is 46.0 Å². The predicted octanol–water partition coefficient (Wildman–Crippen LogP) is 2.75. The summed E-state index contributed by atoms with van der Waals surface area (Å²) in [5, 5.41) is 19.4. The SMILES string of the molecule is O=C(NCC(O)c1ccsc1)NC1CCCc2occc21. The maximum atomic E-state index is 12.0. The van der Waals surface area contributed by atoms with Gasteiger partial charge in [0.05, 0.1) is 18.4 Å². The molecule has 0 bridgehead atoms. The third kappa shape index (κ3) is 3.28. The summed E-state index contributed by atoms with van der Waals surface area (Å²) >= 11 is 1.53. The van der Waals surface area contributed by atoms with E-state index in [0.717, 1.165) is 36.1 Å². The van der Waals surface area contributed by atoms with Crippen molar-refractivity contribution in [1.82, 2.24) is 10.6 Å². The van der Waals surface area contributed by atoms with Crippen molar-refractivity contribution in [2.45, 2.75) is 31.4 Å². The van der Waals surface area contributed by atoms with Crippen molar-refractivity contribution in [2.75, 3.05) is 6.54 Å². The Morgan fingerprint density at radius 2 is 2.43 bits per heavy atom. The van der Waals surface area contributed by atoms with Gasteiger partial charge in [-0.1, -0.05) is 0 Å². The number of furan rings is 1. The molecular formula is C15H18N2O3S. The number of carbonyl (C=O) groups is 1. The molecule has 5 nitrogen and oxygen atoms in total. The Hall–Kier alpha value is -1.79. The largest absolute Gasteiger partial charge is 0.469 e. The average Bonchev–Trinajstić information content (AvgIpc) is 3.16. The first-order valence-electron chi connectivity index (χ1n) is 7.05. The summed E-state index contributed by atoms with van der Waals surface area (Å²) in [6, 6.07) is 3.50. The van der Waals surface area contributed by atoms with Crippen molar-refractivity contribution in [3.63, 3.8) is 0 Å². The molecule has 0 saturated carbocycles. The van der Waals surface area contributed by atoms with Gasteiger partial charge in [0, 0.05) is 18.5 Å². The van der Waals surface area contributed by atoms with Gasteiger partial charge in [-0.3, -0.25) is 0 Å². The first-order valence-corrected chi connectivity index (χ1v) is 7.99. The Kier molecular flexibility index (Phi) is 4.26. The number of aryl methyl sites for hydroxylation is 1. The van der Waals surface area contributed by atoms with Crippen LogP contribution in [0.25, 0.3) is 0 Å². The number of aliphatic hydroxyl groups excluding tert-OH is 1. The van der Waals surface area contributed by atoms with Crippen molar-refractivity contribution < 1.29 is 14.3 Å². The fourth-order valence-corrected chi connectivity index (χ4v) is 3.32. The van der Waals surface area contributed by atoms with Gasteiger partial charge in [-0.2, -0.15) is 11.3 Å². The van der Waals surface area contributed by atoms with Crippen LogP contribution in [0.3, 0.4) is 0 Å². The molecule has 2 amide bonds. The smallest absolute Gasteiger partial charge is 0.315 e. The van der Waals surface area contributed by atoms with Crippen LogP contribution in [0.1, 0.15) is 41.9 Å². The van der Waals surface area contributed by atoms with Gasteiger partial charge in [0.25, 0.3) is 0 Å². The van der Waals surface area contributed by atoms with E-state index in [1.807, 2.05) is 22.9 Å². The molecule has 2 aromatic heterocycles. The van der Waals surface area contributed by atoms with Gasteiger partial charge in [-0.15, -0.1) is 0 Å². The predicted molar refractivity (Wildman–Crippen MR) is 80.2 cm³/mol. The van der Waals surface area contributed by atoms with Gasteiger partial charge in [-0.25, -0.2) is 4.79 Å². The highest BCUT2D eigenvalue weighted by molar-refractivity contribution is 7.07. The standard InChI is InChI=1S/C15H18N2O3S/c18-13(10-5-7-21-9-10)8-16-15(19)17-12-2-1-3-14-11(12)4-6-20-14/h4-7,9,12-13,18H,1-3,8H2,(H2,16,17,19). The summed E-state index contributed by atoms with van der Waals surface area (Å²) in [7, 11) is 0. The lowest BCUT2D eigenvalue weighted by Crippen LogP contribution is -2.40. The molecule has 0 fully saturated rings. The van der Waals surface area contributed by atoms with Crippen LogP contribution in [-0.2, 0) is 6.42 Å². The molecule has 2 atom stereocenters. The lowest BCUT2D eigenvalue weighted by molar-refractivity contribution is 0.172. The van der Waals surface area contributed by atoms with Gasteiger partial charge in [0.2, 0.25) is 0 Å². The quantitative estimate of drug-likeness (QED) is 0.813. The maximum Gasteiger partial charge on any atom is 0.315 e. The van der Waals surface area contributed by atoms with Crippen LogP contribution in [-0.4, -0.2) is 17.7 Å². The van der Waals surface area contributed by atoms with Gasteiger partial charge < -0.3 is 20.2 Å². The second kappa shape index (κ2) is 6.32. The van der Waals surface area contributed by atoms with Gasteiger partial charge in [0.1, 0.15) is 5.76 Å².